The first-order valence-corrected chi connectivity index (χ1v) is 9.81. The van der Waals surface area contributed by atoms with Gasteiger partial charge in [-0.2, -0.15) is 0 Å². The molecule has 0 saturated heterocycles. The zero-order valence-corrected chi connectivity index (χ0v) is 16.5. The minimum Gasteiger partial charge on any atom is -0.454 e. The molecular formula is C22H18FNO8. The van der Waals surface area contributed by atoms with Crippen LogP contribution in [0.25, 0.3) is 22.0 Å². The van der Waals surface area contributed by atoms with Gasteiger partial charge in [0.2, 0.25) is 6.79 Å². The molecule has 0 amide bonds. The zero-order valence-electron chi connectivity index (χ0n) is 16.5. The highest BCUT2D eigenvalue weighted by molar-refractivity contribution is 6.27. The van der Waals surface area contributed by atoms with Gasteiger partial charge < -0.3 is 34.5 Å². The molecule has 32 heavy (non-hydrogen) atoms. The van der Waals surface area contributed by atoms with E-state index in [1.54, 1.807) is 6.07 Å². The fraction of sp³-hybridized carbons (Fsp3) is 0.273. The summed E-state index contributed by atoms with van der Waals surface area (Å²) in [5, 5.41) is 39.4. The van der Waals surface area contributed by atoms with E-state index >= 15 is 0 Å². The minimum absolute atomic E-state index is 0.0208. The van der Waals surface area contributed by atoms with E-state index in [0.717, 1.165) is 16.7 Å². The van der Waals surface area contributed by atoms with Gasteiger partial charge in [0.05, 0.1) is 29.8 Å². The summed E-state index contributed by atoms with van der Waals surface area (Å²) in [6.07, 6.45) is -5.08. The van der Waals surface area contributed by atoms with E-state index in [9.17, 15) is 29.3 Å². The molecule has 0 saturated carbocycles. The molecule has 1 aromatic heterocycles. The van der Waals surface area contributed by atoms with E-state index in [-0.39, 0.29) is 34.4 Å². The van der Waals surface area contributed by atoms with Gasteiger partial charge in [0, 0.05) is 16.5 Å². The van der Waals surface area contributed by atoms with Gasteiger partial charge in [0.25, 0.3) is 5.56 Å². The fourth-order valence-corrected chi connectivity index (χ4v) is 4.22. The number of rotatable bonds is 5. The van der Waals surface area contributed by atoms with Crippen LogP contribution in [-0.4, -0.2) is 62.5 Å². The van der Waals surface area contributed by atoms with Crippen molar-refractivity contribution < 1.29 is 39.1 Å². The van der Waals surface area contributed by atoms with Crippen molar-refractivity contribution >= 4 is 16.6 Å². The molecule has 1 aliphatic heterocycles. The van der Waals surface area contributed by atoms with E-state index in [2.05, 4.69) is 0 Å². The Hall–Kier alpha value is -3.31. The lowest BCUT2D eigenvalue weighted by Gasteiger charge is -2.24. The number of aliphatic hydroxyl groups is 4. The molecule has 166 valence electrons. The zero-order chi connectivity index (χ0) is 22.7. The number of aromatic nitrogens is 1. The second-order valence-electron chi connectivity index (χ2n) is 7.72. The van der Waals surface area contributed by atoms with Crippen LogP contribution < -0.4 is 15.0 Å². The molecule has 5 rings (SSSR count). The summed E-state index contributed by atoms with van der Waals surface area (Å²) in [7, 11) is 0. The van der Waals surface area contributed by atoms with Gasteiger partial charge >= 0.3 is 0 Å². The topological polar surface area (TPSA) is 138 Å². The number of carbonyl (C=O) groups is 1. The predicted molar refractivity (Wildman–Crippen MR) is 108 cm³/mol. The molecule has 2 heterocycles. The van der Waals surface area contributed by atoms with Crippen LogP contribution in [0.5, 0.6) is 11.5 Å². The highest BCUT2D eigenvalue weighted by atomic mass is 19.1. The Balaban J connectivity index is 1.78. The number of fused-ring (bicyclic) bond motifs is 6. The molecule has 3 aromatic rings. The van der Waals surface area contributed by atoms with Crippen LogP contribution in [0.1, 0.15) is 15.9 Å². The number of aliphatic hydroxyl groups excluding tert-OH is 4. The van der Waals surface area contributed by atoms with Crippen molar-refractivity contribution in [1.82, 2.24) is 4.57 Å². The van der Waals surface area contributed by atoms with E-state index in [4.69, 9.17) is 14.6 Å². The highest BCUT2D eigenvalue weighted by Crippen LogP contribution is 2.45. The Bertz CT molecular complexity index is 1330. The van der Waals surface area contributed by atoms with Gasteiger partial charge in [-0.3, -0.25) is 9.59 Å². The number of hydrogen-bond acceptors (Lipinski definition) is 8. The van der Waals surface area contributed by atoms with Crippen molar-refractivity contribution in [3.05, 3.63) is 57.6 Å². The van der Waals surface area contributed by atoms with E-state index in [1.807, 2.05) is 0 Å². The van der Waals surface area contributed by atoms with Crippen molar-refractivity contribution in [3.8, 4) is 22.8 Å². The van der Waals surface area contributed by atoms with Gasteiger partial charge in [-0.05, 0) is 24.3 Å². The molecule has 10 heteroatoms. The molecule has 2 aliphatic rings. The minimum atomic E-state index is -1.76. The van der Waals surface area contributed by atoms with Crippen molar-refractivity contribution in [2.75, 3.05) is 13.4 Å². The summed E-state index contributed by atoms with van der Waals surface area (Å²) in [6.45, 7) is -1.35. The Morgan fingerprint density at radius 2 is 1.66 bits per heavy atom. The van der Waals surface area contributed by atoms with Gasteiger partial charge in [0.15, 0.2) is 17.3 Å². The van der Waals surface area contributed by atoms with Gasteiger partial charge in [-0.1, -0.05) is 6.07 Å². The molecule has 4 N–H and O–H groups in total. The number of halogens is 1. The summed E-state index contributed by atoms with van der Waals surface area (Å²) >= 11 is 0. The van der Waals surface area contributed by atoms with Crippen LogP contribution in [0.15, 0.2) is 35.1 Å². The van der Waals surface area contributed by atoms with Gasteiger partial charge in [0.1, 0.15) is 24.1 Å². The molecule has 1 aliphatic carbocycles. The molecule has 0 bridgehead atoms. The van der Waals surface area contributed by atoms with E-state index < -0.39 is 48.6 Å². The standard InChI is InChI=1S/C22H18FNO8/c23-9-1-2-10-13(3-9)22(30)24(6-14(26)21(29)15(27)7-25)19-11-4-16-17(32-8-31-16)5-12(11)20(28)18(10)19/h1-5,14-15,21,25-27,29H,6-8H2/t14-,15+,21-/m0/s1. The lowest BCUT2D eigenvalue weighted by Crippen LogP contribution is -2.43. The Labute approximate surface area is 179 Å². The molecule has 0 radical (unpaired) electrons. The lowest BCUT2D eigenvalue weighted by atomic mass is 10.0. The highest BCUT2D eigenvalue weighted by Gasteiger charge is 2.36. The number of nitrogens with zero attached hydrogens (tertiary/aromatic N) is 1. The first kappa shape index (κ1) is 20.6. The van der Waals surface area contributed by atoms with Gasteiger partial charge in [-0.15, -0.1) is 0 Å². The van der Waals surface area contributed by atoms with Crippen LogP contribution in [0.2, 0.25) is 0 Å². The third-order valence-electron chi connectivity index (χ3n) is 5.82. The number of carbonyl (C=O) groups excluding carboxylic acids is 1. The van der Waals surface area contributed by atoms with Crippen LogP contribution in [-0.2, 0) is 6.54 Å². The first-order chi connectivity index (χ1) is 15.3. The van der Waals surface area contributed by atoms with Crippen molar-refractivity contribution in [3.63, 3.8) is 0 Å². The van der Waals surface area contributed by atoms with Crippen LogP contribution in [0.4, 0.5) is 4.39 Å². The predicted octanol–water partition coefficient (Wildman–Crippen LogP) is 0.156. The average Bonchev–Trinajstić information content (AvgIpc) is 3.36. The van der Waals surface area contributed by atoms with E-state index in [1.165, 1.54) is 12.1 Å². The lowest BCUT2D eigenvalue weighted by molar-refractivity contribution is -0.0806. The third kappa shape index (κ3) is 2.92. The van der Waals surface area contributed by atoms with Crippen LogP contribution in [0.3, 0.4) is 0 Å². The molecule has 9 nitrogen and oxygen atoms in total. The summed E-state index contributed by atoms with van der Waals surface area (Å²) in [5.41, 5.74) is 0.239. The SMILES string of the molecule is O=C1c2cc3c(cc2-c2c1c1ccc(F)cc1c(=O)n2C[C@H](O)[C@H](O)[C@H](O)CO)OCO3. The molecule has 2 aromatic carbocycles. The molecule has 3 atom stereocenters. The van der Waals surface area contributed by atoms with E-state index in [0.29, 0.717) is 17.1 Å². The second kappa shape index (κ2) is 7.38. The summed E-state index contributed by atoms with van der Waals surface area (Å²) in [5.74, 6) is -0.347. The van der Waals surface area contributed by atoms with Crippen molar-refractivity contribution in [2.24, 2.45) is 0 Å². The van der Waals surface area contributed by atoms with Crippen molar-refractivity contribution in [2.45, 2.75) is 24.9 Å². The normalized spacial score (nSPS) is 16.7. The van der Waals surface area contributed by atoms with Crippen LogP contribution in [0, 0.1) is 5.82 Å². The van der Waals surface area contributed by atoms with Crippen molar-refractivity contribution in [1.29, 1.82) is 0 Å². The fourth-order valence-electron chi connectivity index (χ4n) is 4.22. The quantitative estimate of drug-likeness (QED) is 0.342. The summed E-state index contributed by atoms with van der Waals surface area (Å²) in [6, 6.07) is 6.55. The number of hydrogen-bond donors (Lipinski definition) is 4. The number of ketones is 1. The molecule has 0 spiro atoms. The maximum absolute atomic E-state index is 13.9. The molecular weight excluding hydrogens is 425 g/mol. The third-order valence-corrected chi connectivity index (χ3v) is 5.82. The first-order valence-electron chi connectivity index (χ1n) is 9.81. The molecule has 0 fully saturated rings. The maximum Gasteiger partial charge on any atom is 0.259 e. The smallest absolute Gasteiger partial charge is 0.259 e. The Kier molecular flexibility index (Phi) is 4.75. The number of benzene rings is 2. The monoisotopic (exact) mass is 443 g/mol. The average molecular weight is 443 g/mol. The maximum atomic E-state index is 13.9. The Morgan fingerprint density at radius 1 is 0.969 bits per heavy atom. The second-order valence-corrected chi connectivity index (χ2v) is 7.72. The van der Waals surface area contributed by atoms with Crippen LogP contribution >= 0.6 is 0 Å². The number of ether oxygens (including phenoxy) is 2. The molecule has 0 unspecified atom stereocenters. The summed E-state index contributed by atoms with van der Waals surface area (Å²) < 4.78 is 25.8. The van der Waals surface area contributed by atoms with Gasteiger partial charge in [-0.25, -0.2) is 4.39 Å². The summed E-state index contributed by atoms with van der Waals surface area (Å²) in [4.78, 5) is 26.6. The Morgan fingerprint density at radius 3 is 2.34 bits per heavy atom. The number of pyridine rings is 1. The largest absolute Gasteiger partial charge is 0.454 e.